The Balaban J connectivity index is 1.54. The standard InChI is InChI=1S/C29H23N3O3S/c1-2-35-29(34)20-13-15-21(16-14-20)31-27(33)26-25(30)24-22(18-9-5-3-6-10-18)17-23(32-28(24)36-26)19-11-7-4-8-12-19/h3-17H,2,30H2,1H3,(H,31,33). The summed E-state index contributed by atoms with van der Waals surface area (Å²) in [7, 11) is 0. The lowest BCUT2D eigenvalue weighted by Crippen LogP contribution is -2.12. The number of nitrogens with one attached hydrogen (secondary N) is 1. The van der Waals surface area contributed by atoms with Crippen molar-refractivity contribution in [3.8, 4) is 22.4 Å². The zero-order valence-corrected chi connectivity index (χ0v) is 20.3. The van der Waals surface area contributed by atoms with E-state index >= 15 is 0 Å². The molecule has 2 aromatic heterocycles. The van der Waals surface area contributed by atoms with Crippen LogP contribution in [0.15, 0.2) is 91.0 Å². The lowest BCUT2D eigenvalue weighted by Gasteiger charge is -2.09. The quantitative estimate of drug-likeness (QED) is 0.259. The van der Waals surface area contributed by atoms with E-state index in [4.69, 9.17) is 15.5 Å². The van der Waals surface area contributed by atoms with Crippen molar-refractivity contribution >= 4 is 44.8 Å². The number of nitrogen functional groups attached to an aromatic ring is 1. The Bertz CT molecular complexity index is 1550. The largest absolute Gasteiger partial charge is 0.462 e. The van der Waals surface area contributed by atoms with E-state index in [1.54, 1.807) is 31.2 Å². The molecular weight excluding hydrogens is 470 g/mol. The maximum Gasteiger partial charge on any atom is 0.338 e. The van der Waals surface area contributed by atoms with E-state index in [0.717, 1.165) is 27.8 Å². The second kappa shape index (κ2) is 10.0. The minimum Gasteiger partial charge on any atom is -0.462 e. The van der Waals surface area contributed by atoms with Crippen LogP contribution in [0, 0.1) is 0 Å². The second-order valence-electron chi connectivity index (χ2n) is 8.06. The summed E-state index contributed by atoms with van der Waals surface area (Å²) in [5.41, 5.74) is 11.6. The number of nitrogens with two attached hydrogens (primary N) is 1. The minimum absolute atomic E-state index is 0.299. The fourth-order valence-electron chi connectivity index (χ4n) is 3.98. The van der Waals surface area contributed by atoms with Crippen molar-refractivity contribution in [1.82, 2.24) is 4.98 Å². The molecule has 0 radical (unpaired) electrons. The molecule has 0 spiro atoms. The number of amides is 1. The molecule has 0 saturated carbocycles. The maximum atomic E-state index is 13.2. The van der Waals surface area contributed by atoms with Crippen molar-refractivity contribution in [2.24, 2.45) is 0 Å². The molecule has 0 fully saturated rings. The zero-order chi connectivity index (χ0) is 25.1. The highest BCUT2D eigenvalue weighted by molar-refractivity contribution is 7.21. The molecular formula is C29H23N3O3S. The molecule has 0 atom stereocenters. The van der Waals surface area contributed by atoms with Crippen LogP contribution in [-0.4, -0.2) is 23.5 Å². The van der Waals surface area contributed by atoms with Gasteiger partial charge in [0.05, 0.1) is 23.6 Å². The van der Waals surface area contributed by atoms with Gasteiger partial charge in [0.1, 0.15) is 9.71 Å². The Morgan fingerprint density at radius 1 is 0.917 bits per heavy atom. The average molecular weight is 494 g/mol. The number of ether oxygens (including phenoxy) is 1. The van der Waals surface area contributed by atoms with E-state index in [1.807, 2.05) is 66.7 Å². The third-order valence-corrected chi connectivity index (χ3v) is 6.81. The van der Waals surface area contributed by atoms with Gasteiger partial charge in [-0.25, -0.2) is 9.78 Å². The molecule has 1 amide bonds. The van der Waals surface area contributed by atoms with Crippen LogP contribution in [0.25, 0.3) is 32.6 Å². The van der Waals surface area contributed by atoms with Gasteiger partial charge in [-0.15, -0.1) is 11.3 Å². The topological polar surface area (TPSA) is 94.3 Å². The van der Waals surface area contributed by atoms with Gasteiger partial charge in [-0.3, -0.25) is 4.79 Å². The van der Waals surface area contributed by atoms with Gasteiger partial charge in [-0.05, 0) is 48.4 Å². The first-order chi connectivity index (χ1) is 17.5. The predicted molar refractivity (Wildman–Crippen MR) is 145 cm³/mol. The molecule has 3 aromatic carbocycles. The first-order valence-corrected chi connectivity index (χ1v) is 12.3. The van der Waals surface area contributed by atoms with Gasteiger partial charge in [-0.2, -0.15) is 0 Å². The van der Waals surface area contributed by atoms with Crippen molar-refractivity contribution in [1.29, 1.82) is 0 Å². The number of thiophene rings is 1. The number of hydrogen-bond acceptors (Lipinski definition) is 6. The molecule has 3 N–H and O–H groups in total. The summed E-state index contributed by atoms with van der Waals surface area (Å²) in [5.74, 6) is -0.738. The zero-order valence-electron chi connectivity index (χ0n) is 19.5. The molecule has 5 aromatic rings. The highest BCUT2D eigenvalue weighted by atomic mass is 32.1. The van der Waals surface area contributed by atoms with E-state index in [-0.39, 0.29) is 5.91 Å². The first kappa shape index (κ1) is 23.3. The van der Waals surface area contributed by atoms with Gasteiger partial charge in [-0.1, -0.05) is 60.7 Å². The van der Waals surface area contributed by atoms with E-state index in [9.17, 15) is 9.59 Å². The lowest BCUT2D eigenvalue weighted by molar-refractivity contribution is 0.0526. The van der Waals surface area contributed by atoms with Gasteiger partial charge < -0.3 is 15.8 Å². The van der Waals surface area contributed by atoms with Gasteiger partial charge >= 0.3 is 5.97 Å². The number of hydrogen-bond donors (Lipinski definition) is 2. The average Bonchev–Trinajstić information content (AvgIpc) is 3.26. The maximum absolute atomic E-state index is 13.2. The highest BCUT2D eigenvalue weighted by Crippen LogP contribution is 2.41. The third-order valence-electron chi connectivity index (χ3n) is 5.71. The van der Waals surface area contributed by atoms with E-state index in [1.165, 1.54) is 11.3 Å². The number of anilines is 2. The van der Waals surface area contributed by atoms with Gasteiger partial charge in [0, 0.05) is 16.6 Å². The number of aromatic nitrogens is 1. The first-order valence-electron chi connectivity index (χ1n) is 11.5. The van der Waals surface area contributed by atoms with E-state index in [0.29, 0.717) is 33.3 Å². The number of esters is 1. The van der Waals surface area contributed by atoms with Crippen LogP contribution in [0.4, 0.5) is 11.4 Å². The fraction of sp³-hybridized carbons (Fsp3) is 0.0690. The Morgan fingerprint density at radius 2 is 1.56 bits per heavy atom. The number of pyridine rings is 1. The fourth-order valence-corrected chi connectivity index (χ4v) is 5.00. The summed E-state index contributed by atoms with van der Waals surface area (Å²) in [6.07, 6.45) is 0. The second-order valence-corrected chi connectivity index (χ2v) is 9.06. The molecule has 5 rings (SSSR count). The smallest absolute Gasteiger partial charge is 0.338 e. The van der Waals surface area contributed by atoms with Crippen LogP contribution < -0.4 is 11.1 Å². The molecule has 6 nitrogen and oxygen atoms in total. The van der Waals surface area contributed by atoms with Crippen molar-refractivity contribution in [2.75, 3.05) is 17.7 Å². The van der Waals surface area contributed by atoms with Crippen molar-refractivity contribution in [3.05, 3.63) is 101 Å². The Hall–Kier alpha value is -4.49. The number of nitrogens with zero attached hydrogens (tertiary/aromatic N) is 1. The molecule has 0 saturated heterocycles. The summed E-state index contributed by atoms with van der Waals surface area (Å²) in [4.78, 5) is 31.1. The molecule has 36 heavy (non-hydrogen) atoms. The molecule has 0 aliphatic heterocycles. The number of carbonyl (C=O) groups is 2. The molecule has 178 valence electrons. The van der Waals surface area contributed by atoms with Crippen molar-refractivity contribution < 1.29 is 14.3 Å². The summed E-state index contributed by atoms with van der Waals surface area (Å²) in [6.45, 7) is 2.05. The van der Waals surface area contributed by atoms with Crippen LogP contribution in [0.5, 0.6) is 0 Å². The van der Waals surface area contributed by atoms with Gasteiger partial charge in [0.15, 0.2) is 0 Å². The number of fused-ring (bicyclic) bond motifs is 1. The third kappa shape index (κ3) is 4.56. The molecule has 7 heteroatoms. The minimum atomic E-state index is -0.405. The SMILES string of the molecule is CCOC(=O)c1ccc(NC(=O)c2sc3nc(-c4ccccc4)cc(-c4ccccc4)c3c2N)cc1. The number of carbonyl (C=O) groups excluding carboxylic acids is 2. The summed E-state index contributed by atoms with van der Waals surface area (Å²) in [5, 5.41) is 3.63. The molecule has 0 aliphatic rings. The van der Waals surface area contributed by atoms with Gasteiger partial charge in [0.25, 0.3) is 5.91 Å². The van der Waals surface area contributed by atoms with E-state index in [2.05, 4.69) is 5.32 Å². The van der Waals surface area contributed by atoms with Crippen LogP contribution in [0.2, 0.25) is 0 Å². The summed E-state index contributed by atoms with van der Waals surface area (Å²) >= 11 is 1.26. The highest BCUT2D eigenvalue weighted by Gasteiger charge is 2.22. The molecule has 2 heterocycles. The normalized spacial score (nSPS) is 10.8. The van der Waals surface area contributed by atoms with Crippen LogP contribution >= 0.6 is 11.3 Å². The van der Waals surface area contributed by atoms with Crippen LogP contribution in [0.3, 0.4) is 0 Å². The number of benzene rings is 3. The Labute approximate surface area is 212 Å². The van der Waals surface area contributed by atoms with Crippen LogP contribution in [-0.2, 0) is 4.74 Å². The molecule has 0 aliphatic carbocycles. The van der Waals surface area contributed by atoms with E-state index < -0.39 is 5.97 Å². The van der Waals surface area contributed by atoms with Crippen LogP contribution in [0.1, 0.15) is 27.0 Å². The van der Waals surface area contributed by atoms with Gasteiger partial charge in [0.2, 0.25) is 0 Å². The molecule has 0 bridgehead atoms. The monoisotopic (exact) mass is 493 g/mol. The Kier molecular flexibility index (Phi) is 6.47. The summed E-state index contributed by atoms with van der Waals surface area (Å²) in [6, 6.07) is 28.4. The number of rotatable bonds is 6. The summed E-state index contributed by atoms with van der Waals surface area (Å²) < 4.78 is 5.01. The Morgan fingerprint density at radius 3 is 2.19 bits per heavy atom. The predicted octanol–water partition coefficient (Wildman–Crippen LogP) is 6.64. The molecule has 0 unspecified atom stereocenters. The van der Waals surface area contributed by atoms with Crippen molar-refractivity contribution in [3.63, 3.8) is 0 Å². The van der Waals surface area contributed by atoms with Crippen molar-refractivity contribution in [2.45, 2.75) is 6.92 Å². The lowest BCUT2D eigenvalue weighted by atomic mass is 9.99.